The monoisotopic (exact) mass is 203 g/mol. The Bertz CT molecular complexity index is 527. The fraction of sp³-hybridized carbons (Fsp3) is 0.0909. The molecule has 0 fully saturated rings. The predicted octanol–water partition coefficient (Wildman–Crippen LogP) is 2.32. The number of carboxylic acid groups (broad SMARTS) is 1. The molecule has 0 aliphatic heterocycles. The first-order chi connectivity index (χ1) is 7.16. The highest BCUT2D eigenvalue weighted by molar-refractivity contribution is 5.86. The van der Waals surface area contributed by atoms with Gasteiger partial charge in [0.1, 0.15) is 5.52 Å². The van der Waals surface area contributed by atoms with Crippen molar-refractivity contribution in [2.75, 3.05) is 0 Å². The molecule has 0 spiro atoms. The molecule has 0 radical (unpaired) electrons. The van der Waals surface area contributed by atoms with Gasteiger partial charge in [-0.2, -0.15) is 0 Å². The van der Waals surface area contributed by atoms with Crippen LogP contribution in [0.4, 0.5) is 0 Å². The fourth-order valence-electron chi connectivity index (χ4n) is 1.36. The van der Waals surface area contributed by atoms with Gasteiger partial charge in [-0.3, -0.25) is 4.79 Å². The second-order valence-electron chi connectivity index (χ2n) is 3.21. The van der Waals surface area contributed by atoms with Crippen LogP contribution in [0.5, 0.6) is 0 Å². The third kappa shape index (κ3) is 1.88. The highest BCUT2D eigenvalue weighted by Crippen LogP contribution is 2.21. The molecule has 0 saturated carbocycles. The molecule has 1 N–H and O–H groups in total. The predicted molar refractivity (Wildman–Crippen MR) is 55.3 cm³/mol. The van der Waals surface area contributed by atoms with Crippen LogP contribution in [0.25, 0.3) is 16.7 Å². The minimum Gasteiger partial charge on any atom is -0.481 e. The summed E-state index contributed by atoms with van der Waals surface area (Å²) in [5, 5.41) is 8.62. The van der Waals surface area contributed by atoms with E-state index in [0.29, 0.717) is 11.2 Å². The second-order valence-corrected chi connectivity index (χ2v) is 3.21. The lowest BCUT2D eigenvalue weighted by Crippen LogP contribution is -1.95. The van der Waals surface area contributed by atoms with Crippen LogP contribution in [0, 0.1) is 0 Å². The first-order valence-electron chi connectivity index (χ1n) is 4.40. The van der Waals surface area contributed by atoms with E-state index in [-0.39, 0.29) is 6.42 Å². The van der Waals surface area contributed by atoms with Crippen molar-refractivity contribution >= 4 is 22.6 Å². The van der Waals surface area contributed by atoms with Crippen molar-refractivity contribution in [3.63, 3.8) is 0 Å². The number of nitrogens with zero attached hydrogens (tertiary/aromatic N) is 1. The van der Waals surface area contributed by atoms with E-state index in [1.807, 2.05) is 0 Å². The van der Waals surface area contributed by atoms with Gasteiger partial charge in [0.25, 0.3) is 0 Å². The lowest BCUT2D eigenvalue weighted by atomic mass is 10.0. The van der Waals surface area contributed by atoms with Crippen LogP contribution in [0.15, 0.2) is 35.6 Å². The summed E-state index contributed by atoms with van der Waals surface area (Å²) in [6.07, 6.45) is 1.29. The lowest BCUT2D eigenvalue weighted by molar-refractivity contribution is -0.135. The molecule has 76 valence electrons. The number of fused-ring (bicyclic) bond motifs is 1. The smallest absolute Gasteiger partial charge is 0.307 e. The molecule has 2 aromatic rings. The standard InChI is InChI=1S/C11H9NO3/c1-7(4-11(13)14)8-2-3-9-10(5-8)15-6-12-9/h2-3,5-6H,1,4H2,(H,13,14). The van der Waals surface area contributed by atoms with Crippen LogP contribution in [0.2, 0.25) is 0 Å². The summed E-state index contributed by atoms with van der Waals surface area (Å²) in [5.41, 5.74) is 2.71. The molecule has 1 heterocycles. The molecular formula is C11H9NO3. The largest absolute Gasteiger partial charge is 0.481 e. The number of rotatable bonds is 3. The van der Waals surface area contributed by atoms with E-state index in [1.165, 1.54) is 6.39 Å². The SMILES string of the molecule is C=C(CC(=O)O)c1ccc2ncoc2c1. The fourth-order valence-corrected chi connectivity index (χ4v) is 1.36. The van der Waals surface area contributed by atoms with E-state index in [9.17, 15) is 4.79 Å². The van der Waals surface area contributed by atoms with Crippen LogP contribution in [0.3, 0.4) is 0 Å². The van der Waals surface area contributed by atoms with Crippen molar-refractivity contribution in [2.45, 2.75) is 6.42 Å². The Morgan fingerprint density at radius 3 is 3.07 bits per heavy atom. The molecule has 2 rings (SSSR count). The molecule has 0 unspecified atom stereocenters. The average Bonchev–Trinajstić information content (AvgIpc) is 2.62. The van der Waals surface area contributed by atoms with Gasteiger partial charge in [0.2, 0.25) is 0 Å². The van der Waals surface area contributed by atoms with Crippen LogP contribution in [0.1, 0.15) is 12.0 Å². The summed E-state index contributed by atoms with van der Waals surface area (Å²) < 4.78 is 5.11. The van der Waals surface area contributed by atoms with E-state index < -0.39 is 5.97 Å². The molecule has 0 atom stereocenters. The van der Waals surface area contributed by atoms with E-state index >= 15 is 0 Å². The number of hydrogen-bond acceptors (Lipinski definition) is 3. The minimum absolute atomic E-state index is 0.0698. The zero-order valence-corrected chi connectivity index (χ0v) is 7.93. The maximum absolute atomic E-state index is 10.5. The average molecular weight is 203 g/mol. The molecule has 1 aromatic carbocycles. The van der Waals surface area contributed by atoms with Gasteiger partial charge in [-0.05, 0) is 23.3 Å². The molecular weight excluding hydrogens is 194 g/mol. The number of oxazole rings is 1. The molecule has 1 aromatic heterocycles. The summed E-state index contributed by atoms with van der Waals surface area (Å²) in [7, 11) is 0. The summed E-state index contributed by atoms with van der Waals surface area (Å²) in [5.74, 6) is -0.891. The maximum atomic E-state index is 10.5. The Kier molecular flexibility index (Phi) is 2.25. The van der Waals surface area contributed by atoms with Gasteiger partial charge in [-0.25, -0.2) is 4.98 Å². The normalized spacial score (nSPS) is 10.4. The molecule has 4 nitrogen and oxygen atoms in total. The maximum Gasteiger partial charge on any atom is 0.307 e. The van der Waals surface area contributed by atoms with E-state index in [2.05, 4.69) is 11.6 Å². The van der Waals surface area contributed by atoms with Crippen LogP contribution < -0.4 is 0 Å². The van der Waals surface area contributed by atoms with Crippen molar-refractivity contribution in [3.8, 4) is 0 Å². The van der Waals surface area contributed by atoms with Crippen molar-refractivity contribution in [1.82, 2.24) is 4.98 Å². The van der Waals surface area contributed by atoms with Crippen molar-refractivity contribution in [1.29, 1.82) is 0 Å². The van der Waals surface area contributed by atoms with Gasteiger partial charge in [0.15, 0.2) is 12.0 Å². The summed E-state index contributed by atoms with van der Waals surface area (Å²) in [6.45, 7) is 3.71. The Balaban J connectivity index is 2.35. The Labute approximate surface area is 85.9 Å². The van der Waals surface area contributed by atoms with Gasteiger partial charge in [0, 0.05) is 0 Å². The van der Waals surface area contributed by atoms with Gasteiger partial charge in [-0.1, -0.05) is 12.6 Å². The quantitative estimate of drug-likeness (QED) is 0.831. The second kappa shape index (κ2) is 3.57. The number of aromatic nitrogens is 1. The van der Waals surface area contributed by atoms with E-state index in [1.54, 1.807) is 18.2 Å². The van der Waals surface area contributed by atoms with Crippen molar-refractivity contribution in [3.05, 3.63) is 36.7 Å². The highest BCUT2D eigenvalue weighted by atomic mass is 16.4. The first-order valence-corrected chi connectivity index (χ1v) is 4.40. The van der Waals surface area contributed by atoms with Crippen LogP contribution >= 0.6 is 0 Å². The summed E-state index contributed by atoms with van der Waals surface area (Å²) >= 11 is 0. The van der Waals surface area contributed by atoms with Gasteiger partial charge < -0.3 is 9.52 Å². The van der Waals surface area contributed by atoms with Gasteiger partial charge in [-0.15, -0.1) is 0 Å². The third-order valence-corrected chi connectivity index (χ3v) is 2.10. The summed E-state index contributed by atoms with van der Waals surface area (Å²) in [4.78, 5) is 14.5. The number of hydrogen-bond donors (Lipinski definition) is 1. The van der Waals surface area contributed by atoms with E-state index in [4.69, 9.17) is 9.52 Å². The van der Waals surface area contributed by atoms with Gasteiger partial charge in [0.05, 0.1) is 6.42 Å². The summed E-state index contributed by atoms with van der Waals surface area (Å²) in [6, 6.07) is 5.31. The zero-order chi connectivity index (χ0) is 10.8. The van der Waals surface area contributed by atoms with Crippen molar-refractivity contribution < 1.29 is 14.3 Å². The van der Waals surface area contributed by atoms with Crippen molar-refractivity contribution in [2.24, 2.45) is 0 Å². The number of carboxylic acids is 1. The molecule has 0 bridgehead atoms. The Hall–Kier alpha value is -2.10. The molecule has 15 heavy (non-hydrogen) atoms. The zero-order valence-electron chi connectivity index (χ0n) is 7.93. The highest BCUT2D eigenvalue weighted by Gasteiger charge is 2.06. The molecule has 0 saturated heterocycles. The minimum atomic E-state index is -0.891. The molecule has 0 aliphatic carbocycles. The number of benzene rings is 1. The third-order valence-electron chi connectivity index (χ3n) is 2.10. The Morgan fingerprint density at radius 2 is 2.33 bits per heavy atom. The number of carbonyl (C=O) groups is 1. The Morgan fingerprint density at radius 1 is 1.53 bits per heavy atom. The van der Waals surface area contributed by atoms with Crippen LogP contribution in [-0.2, 0) is 4.79 Å². The molecule has 0 amide bonds. The topological polar surface area (TPSA) is 63.3 Å². The van der Waals surface area contributed by atoms with Crippen LogP contribution in [-0.4, -0.2) is 16.1 Å². The number of aliphatic carboxylic acids is 1. The van der Waals surface area contributed by atoms with E-state index in [0.717, 1.165) is 11.1 Å². The molecule has 4 heteroatoms. The first kappa shape index (κ1) is 9.45. The van der Waals surface area contributed by atoms with Gasteiger partial charge >= 0.3 is 5.97 Å². The molecule has 0 aliphatic rings. The lowest BCUT2D eigenvalue weighted by Gasteiger charge is -2.01.